The quantitative estimate of drug-likeness (QED) is 0.0961. The van der Waals surface area contributed by atoms with Crippen molar-refractivity contribution in [2.75, 3.05) is 70.3 Å². The van der Waals surface area contributed by atoms with Crippen molar-refractivity contribution in [3.05, 3.63) is 47.7 Å². The maximum Gasteiger partial charge on any atom is 0.246 e. The van der Waals surface area contributed by atoms with Crippen LogP contribution >= 0.6 is 0 Å². The predicted octanol–water partition coefficient (Wildman–Crippen LogP) is 3.20. The molecule has 0 saturated carbocycles. The van der Waals surface area contributed by atoms with Crippen LogP contribution in [0.1, 0.15) is 37.3 Å². The number of halogens is 1. The predicted molar refractivity (Wildman–Crippen MR) is 162 cm³/mol. The molecule has 5 N–H and O–H groups in total. The molecule has 1 aromatic heterocycles. The van der Waals surface area contributed by atoms with Crippen molar-refractivity contribution in [3.8, 4) is 11.8 Å². The summed E-state index contributed by atoms with van der Waals surface area (Å²) < 4.78 is 13.4. The Morgan fingerprint density at radius 1 is 1.20 bits per heavy atom. The van der Waals surface area contributed by atoms with Gasteiger partial charge in [0, 0.05) is 57.6 Å². The Morgan fingerprint density at radius 3 is 2.66 bits per heavy atom. The SMILES string of the molecule is CCCNc1nc(Nc2ccc(C(=N)F)c(NC)c2)ncc1C#CCCCNC(=O)CN(C)C(=O)/C=C/CN(C)C. The highest BCUT2D eigenvalue weighted by atomic mass is 19.1. The number of hydrogen-bond donors (Lipinski definition) is 5. The molecular weight excluding hydrogens is 525 g/mol. The van der Waals surface area contributed by atoms with Gasteiger partial charge in [0.2, 0.25) is 23.7 Å². The van der Waals surface area contributed by atoms with Crippen molar-refractivity contribution >= 4 is 40.9 Å². The van der Waals surface area contributed by atoms with Crippen molar-refractivity contribution in [1.82, 2.24) is 25.1 Å². The van der Waals surface area contributed by atoms with Crippen molar-refractivity contribution in [2.45, 2.75) is 26.2 Å². The van der Waals surface area contributed by atoms with Crippen LogP contribution in [0.4, 0.5) is 27.5 Å². The molecule has 0 aliphatic rings. The van der Waals surface area contributed by atoms with E-state index in [0.717, 1.165) is 6.42 Å². The molecule has 0 atom stereocenters. The van der Waals surface area contributed by atoms with E-state index in [1.807, 2.05) is 25.9 Å². The molecule has 0 bridgehead atoms. The zero-order valence-corrected chi connectivity index (χ0v) is 24.4. The molecule has 1 heterocycles. The van der Waals surface area contributed by atoms with Crippen LogP contribution in [-0.2, 0) is 9.59 Å². The molecule has 0 spiro atoms. The van der Waals surface area contributed by atoms with Crippen molar-refractivity contribution < 1.29 is 14.0 Å². The highest BCUT2D eigenvalue weighted by Crippen LogP contribution is 2.24. The number of carbonyl (C=O) groups is 2. The van der Waals surface area contributed by atoms with Gasteiger partial charge in [0.15, 0.2) is 0 Å². The van der Waals surface area contributed by atoms with Gasteiger partial charge in [-0.1, -0.05) is 24.8 Å². The summed E-state index contributed by atoms with van der Waals surface area (Å²) in [5.41, 5.74) is 1.92. The first-order valence-corrected chi connectivity index (χ1v) is 13.4. The Bertz CT molecular complexity index is 1280. The second kappa shape index (κ2) is 17.2. The van der Waals surface area contributed by atoms with Gasteiger partial charge < -0.3 is 31.1 Å². The van der Waals surface area contributed by atoms with E-state index in [1.165, 1.54) is 17.0 Å². The lowest BCUT2D eigenvalue weighted by Crippen LogP contribution is -2.38. The summed E-state index contributed by atoms with van der Waals surface area (Å²) in [7, 11) is 7.07. The van der Waals surface area contributed by atoms with E-state index in [4.69, 9.17) is 5.41 Å². The van der Waals surface area contributed by atoms with Crippen LogP contribution in [-0.4, -0.2) is 91.9 Å². The number of unbranched alkanes of at least 4 members (excludes halogenated alkanes) is 1. The van der Waals surface area contributed by atoms with E-state index in [2.05, 4.69) is 43.1 Å². The monoisotopic (exact) mass is 565 g/mol. The second-order valence-electron chi connectivity index (χ2n) is 9.45. The lowest BCUT2D eigenvalue weighted by Gasteiger charge is -2.14. The van der Waals surface area contributed by atoms with E-state index in [-0.39, 0.29) is 23.9 Å². The molecule has 11 nitrogen and oxygen atoms in total. The van der Waals surface area contributed by atoms with Crippen LogP contribution in [0.15, 0.2) is 36.5 Å². The van der Waals surface area contributed by atoms with Crippen LogP contribution in [0.2, 0.25) is 0 Å². The molecule has 0 unspecified atom stereocenters. The largest absolute Gasteiger partial charge is 0.387 e. The summed E-state index contributed by atoms with van der Waals surface area (Å²) in [6, 6.07) is 4.84. The number of amides is 2. The average molecular weight is 566 g/mol. The zero-order valence-electron chi connectivity index (χ0n) is 24.4. The fourth-order valence-corrected chi connectivity index (χ4v) is 3.46. The lowest BCUT2D eigenvalue weighted by atomic mass is 10.1. The molecule has 2 amide bonds. The summed E-state index contributed by atoms with van der Waals surface area (Å²) >= 11 is 0. The minimum Gasteiger partial charge on any atom is -0.387 e. The van der Waals surface area contributed by atoms with Crippen molar-refractivity contribution in [1.29, 1.82) is 5.41 Å². The fraction of sp³-hybridized carbons (Fsp3) is 0.414. The Balaban J connectivity index is 1.92. The number of aromatic nitrogens is 2. The molecule has 41 heavy (non-hydrogen) atoms. The van der Waals surface area contributed by atoms with Crippen LogP contribution in [0, 0.1) is 17.3 Å². The maximum absolute atomic E-state index is 13.4. The van der Waals surface area contributed by atoms with Crippen molar-refractivity contribution in [3.63, 3.8) is 0 Å². The first-order valence-electron chi connectivity index (χ1n) is 13.4. The molecule has 220 valence electrons. The van der Waals surface area contributed by atoms with Crippen molar-refractivity contribution in [2.24, 2.45) is 0 Å². The summed E-state index contributed by atoms with van der Waals surface area (Å²) in [6.45, 7) is 3.84. The van der Waals surface area contributed by atoms with Gasteiger partial charge >= 0.3 is 0 Å². The van der Waals surface area contributed by atoms with Gasteiger partial charge in [0.05, 0.1) is 23.9 Å². The number of hydrogen-bond acceptors (Lipinski definition) is 9. The van der Waals surface area contributed by atoms with Gasteiger partial charge in [-0.3, -0.25) is 15.0 Å². The number of likely N-dealkylation sites (N-methyl/N-ethyl adjacent to an activating group) is 2. The lowest BCUT2D eigenvalue weighted by molar-refractivity contribution is -0.131. The summed E-state index contributed by atoms with van der Waals surface area (Å²) in [6.07, 6.45) is 6.96. The van der Waals surface area contributed by atoms with E-state index in [0.29, 0.717) is 61.2 Å². The van der Waals surface area contributed by atoms with E-state index in [9.17, 15) is 14.0 Å². The summed E-state index contributed by atoms with van der Waals surface area (Å²) in [5.74, 6) is 5.67. The third-order valence-corrected chi connectivity index (χ3v) is 5.62. The smallest absolute Gasteiger partial charge is 0.246 e. The molecule has 2 aromatic rings. The number of anilines is 4. The molecule has 0 aliphatic carbocycles. The number of nitrogens with zero attached hydrogens (tertiary/aromatic N) is 4. The van der Waals surface area contributed by atoms with Gasteiger partial charge in [0.25, 0.3) is 0 Å². The minimum atomic E-state index is -1.02. The molecule has 12 heteroatoms. The van der Waals surface area contributed by atoms with E-state index >= 15 is 0 Å². The second-order valence-corrected chi connectivity index (χ2v) is 9.45. The highest BCUT2D eigenvalue weighted by Gasteiger charge is 2.11. The number of benzene rings is 1. The third kappa shape index (κ3) is 11.6. The molecule has 0 aliphatic heterocycles. The minimum absolute atomic E-state index is 0.0129. The van der Waals surface area contributed by atoms with Crippen LogP contribution in [0.25, 0.3) is 0 Å². The van der Waals surface area contributed by atoms with E-state index < -0.39 is 5.97 Å². The Labute approximate surface area is 241 Å². The van der Waals surface area contributed by atoms with E-state index in [1.54, 1.807) is 38.5 Å². The normalized spacial score (nSPS) is 10.6. The zero-order chi connectivity index (χ0) is 30.2. The Hall–Kier alpha value is -4.50. The van der Waals surface area contributed by atoms with Gasteiger partial charge in [-0.15, -0.1) is 0 Å². The number of nitrogens with one attached hydrogen (secondary N) is 5. The first-order chi connectivity index (χ1) is 19.6. The fourth-order valence-electron chi connectivity index (χ4n) is 3.46. The van der Waals surface area contributed by atoms with Gasteiger partial charge in [-0.25, -0.2) is 4.98 Å². The molecule has 0 saturated heterocycles. The standard InChI is InChI=1S/C29H40FN9O2/c1-6-15-34-28-21(19-35-29(37-28)36-22-13-14-23(27(30)31)24(18-22)32-2)11-8-7-9-16-33-25(40)20-39(5)26(41)12-10-17-38(3)4/h10,12-14,18-19,31-32H,6-7,9,15-17,20H2,1-5H3,(H,33,40)(H2,34,35,36,37)/b12-10+,31-27?. The van der Waals surface area contributed by atoms with Crippen LogP contribution < -0.4 is 21.3 Å². The van der Waals surface area contributed by atoms with Gasteiger partial charge in [-0.05, 0) is 45.1 Å². The molecular formula is C29H40FN9O2. The molecule has 0 fully saturated rings. The molecule has 1 aromatic carbocycles. The molecule has 0 radical (unpaired) electrons. The summed E-state index contributed by atoms with van der Waals surface area (Å²) in [5, 5.41) is 19.3. The molecule has 2 rings (SSSR count). The maximum atomic E-state index is 13.4. The van der Waals surface area contributed by atoms with Gasteiger partial charge in [-0.2, -0.15) is 9.37 Å². The van der Waals surface area contributed by atoms with Gasteiger partial charge in [0.1, 0.15) is 5.82 Å². The number of carbonyl (C=O) groups excluding carboxylic acids is 2. The Morgan fingerprint density at radius 2 is 1.98 bits per heavy atom. The summed E-state index contributed by atoms with van der Waals surface area (Å²) in [4.78, 5) is 36.4. The first kappa shape index (κ1) is 32.7. The van der Waals surface area contributed by atoms with Crippen LogP contribution in [0.3, 0.4) is 0 Å². The third-order valence-electron chi connectivity index (χ3n) is 5.62. The average Bonchev–Trinajstić information content (AvgIpc) is 2.93. The number of rotatable bonds is 15. The Kier molecular flexibility index (Phi) is 13.8. The topological polar surface area (TPSA) is 138 Å². The van der Waals surface area contributed by atoms with Crippen LogP contribution in [0.5, 0.6) is 0 Å². The highest BCUT2D eigenvalue weighted by molar-refractivity contribution is 5.97.